The lowest BCUT2D eigenvalue weighted by Gasteiger charge is -2.26. The van der Waals surface area contributed by atoms with Crippen molar-refractivity contribution in [2.24, 2.45) is 0 Å². The summed E-state index contributed by atoms with van der Waals surface area (Å²) >= 11 is 1.42. The van der Waals surface area contributed by atoms with Crippen molar-refractivity contribution in [2.75, 3.05) is 19.5 Å². The molecule has 0 unspecified atom stereocenters. The SMILES string of the molecule is COCCn1c(SCC(=O)N[C@@H]2CCCc3ccccc32)nnc1-c1cccc(C)c1. The van der Waals surface area contributed by atoms with Crippen molar-refractivity contribution in [2.45, 2.75) is 43.9 Å². The number of carbonyl (C=O) groups is 1. The number of rotatable bonds is 8. The molecule has 1 N–H and O–H groups in total. The van der Waals surface area contributed by atoms with E-state index in [9.17, 15) is 4.79 Å². The van der Waals surface area contributed by atoms with Gasteiger partial charge in [-0.2, -0.15) is 0 Å². The van der Waals surface area contributed by atoms with Gasteiger partial charge in [0.2, 0.25) is 5.91 Å². The first-order valence-corrected chi connectivity index (χ1v) is 11.6. The van der Waals surface area contributed by atoms with Crippen LogP contribution in [-0.2, 0) is 22.5 Å². The molecule has 0 aliphatic heterocycles. The first-order chi connectivity index (χ1) is 15.2. The van der Waals surface area contributed by atoms with Gasteiger partial charge in [0, 0.05) is 12.7 Å². The van der Waals surface area contributed by atoms with Gasteiger partial charge in [0.25, 0.3) is 0 Å². The minimum Gasteiger partial charge on any atom is -0.383 e. The largest absolute Gasteiger partial charge is 0.383 e. The van der Waals surface area contributed by atoms with Gasteiger partial charge >= 0.3 is 0 Å². The zero-order valence-corrected chi connectivity index (χ0v) is 18.8. The van der Waals surface area contributed by atoms with E-state index in [1.54, 1.807) is 7.11 Å². The highest BCUT2D eigenvalue weighted by Gasteiger charge is 2.22. The molecular formula is C24H28N4O2S. The maximum absolute atomic E-state index is 12.7. The van der Waals surface area contributed by atoms with Crippen LogP contribution in [0.1, 0.15) is 35.6 Å². The van der Waals surface area contributed by atoms with E-state index in [-0.39, 0.29) is 11.9 Å². The van der Waals surface area contributed by atoms with Crippen LogP contribution >= 0.6 is 11.8 Å². The minimum atomic E-state index is 0.0186. The predicted molar refractivity (Wildman–Crippen MR) is 123 cm³/mol. The van der Waals surface area contributed by atoms with Crippen molar-refractivity contribution >= 4 is 17.7 Å². The summed E-state index contributed by atoms with van der Waals surface area (Å²) < 4.78 is 7.31. The molecule has 1 aromatic heterocycles. The molecule has 0 saturated heterocycles. The third-order valence-electron chi connectivity index (χ3n) is 5.55. The lowest BCUT2D eigenvalue weighted by Crippen LogP contribution is -2.32. The summed E-state index contributed by atoms with van der Waals surface area (Å²) in [7, 11) is 1.68. The fourth-order valence-electron chi connectivity index (χ4n) is 4.05. The maximum atomic E-state index is 12.7. The Labute approximate surface area is 187 Å². The molecule has 0 spiro atoms. The summed E-state index contributed by atoms with van der Waals surface area (Å²) in [4.78, 5) is 12.7. The van der Waals surface area contributed by atoms with E-state index < -0.39 is 0 Å². The number of nitrogens with one attached hydrogen (secondary N) is 1. The van der Waals surface area contributed by atoms with E-state index in [0.29, 0.717) is 18.9 Å². The summed E-state index contributed by atoms with van der Waals surface area (Å²) in [5.74, 6) is 1.12. The third kappa shape index (κ3) is 5.17. The summed E-state index contributed by atoms with van der Waals surface area (Å²) in [5, 5.41) is 12.7. The molecule has 1 aliphatic carbocycles. The minimum absolute atomic E-state index is 0.0186. The second kappa shape index (κ2) is 10.1. The first kappa shape index (κ1) is 21.6. The van der Waals surface area contributed by atoms with Crippen molar-refractivity contribution in [3.8, 4) is 11.4 Å². The summed E-state index contributed by atoms with van der Waals surface area (Å²) in [6.07, 6.45) is 3.16. The van der Waals surface area contributed by atoms with Gasteiger partial charge in [-0.15, -0.1) is 10.2 Å². The Balaban J connectivity index is 1.45. The predicted octanol–water partition coefficient (Wildman–Crippen LogP) is 4.19. The van der Waals surface area contributed by atoms with E-state index in [1.807, 2.05) is 22.8 Å². The quantitative estimate of drug-likeness (QED) is 0.537. The van der Waals surface area contributed by atoms with E-state index in [2.05, 4.69) is 52.8 Å². The highest BCUT2D eigenvalue weighted by molar-refractivity contribution is 7.99. The molecule has 31 heavy (non-hydrogen) atoms. The Morgan fingerprint density at radius 3 is 2.94 bits per heavy atom. The lowest BCUT2D eigenvalue weighted by molar-refractivity contribution is -0.119. The number of ether oxygens (including phenoxy) is 1. The molecule has 7 heteroatoms. The van der Waals surface area contributed by atoms with Crippen LogP contribution < -0.4 is 5.32 Å². The second-order valence-electron chi connectivity index (χ2n) is 7.82. The van der Waals surface area contributed by atoms with Crippen LogP contribution in [0.15, 0.2) is 53.7 Å². The molecule has 2 aromatic carbocycles. The Morgan fingerprint density at radius 1 is 1.23 bits per heavy atom. The number of methoxy groups -OCH3 is 1. The molecule has 1 atom stereocenters. The smallest absolute Gasteiger partial charge is 0.230 e. The number of hydrogen-bond donors (Lipinski definition) is 1. The number of nitrogens with zero attached hydrogens (tertiary/aromatic N) is 3. The standard InChI is InChI=1S/C24H28N4O2S/c1-17-7-5-10-19(15-17)23-26-27-24(28(23)13-14-30-2)31-16-22(29)25-21-12-6-9-18-8-3-4-11-20(18)21/h3-5,7-8,10-11,15,21H,6,9,12-14,16H2,1-2H3,(H,25,29)/t21-/m1/s1. The van der Waals surface area contributed by atoms with E-state index in [4.69, 9.17) is 4.74 Å². The van der Waals surface area contributed by atoms with Crippen LogP contribution in [-0.4, -0.2) is 40.1 Å². The summed E-state index contributed by atoms with van der Waals surface area (Å²) in [6.45, 7) is 3.24. The van der Waals surface area contributed by atoms with Gasteiger partial charge in [0.05, 0.1) is 24.9 Å². The van der Waals surface area contributed by atoms with Gasteiger partial charge in [-0.3, -0.25) is 9.36 Å². The average molecular weight is 437 g/mol. The molecule has 162 valence electrons. The fourth-order valence-corrected chi connectivity index (χ4v) is 4.82. The zero-order valence-electron chi connectivity index (χ0n) is 18.0. The second-order valence-corrected chi connectivity index (χ2v) is 8.76. The third-order valence-corrected chi connectivity index (χ3v) is 6.52. The highest BCUT2D eigenvalue weighted by Crippen LogP contribution is 2.30. The molecule has 0 radical (unpaired) electrons. The molecular weight excluding hydrogens is 408 g/mol. The molecule has 0 saturated carbocycles. The van der Waals surface area contributed by atoms with Crippen LogP contribution in [0.4, 0.5) is 0 Å². The Kier molecular flexibility index (Phi) is 7.04. The van der Waals surface area contributed by atoms with E-state index in [0.717, 1.165) is 35.8 Å². The molecule has 1 amide bonds. The Bertz CT molecular complexity index is 1050. The number of amides is 1. The highest BCUT2D eigenvalue weighted by atomic mass is 32.2. The van der Waals surface area contributed by atoms with Crippen LogP contribution in [0.2, 0.25) is 0 Å². The topological polar surface area (TPSA) is 69.0 Å². The van der Waals surface area contributed by atoms with Crippen LogP contribution in [0.3, 0.4) is 0 Å². The number of aromatic nitrogens is 3. The molecule has 0 fully saturated rings. The molecule has 3 aromatic rings. The molecule has 4 rings (SSSR count). The average Bonchev–Trinajstić information content (AvgIpc) is 3.19. The maximum Gasteiger partial charge on any atom is 0.230 e. The Morgan fingerprint density at radius 2 is 2.10 bits per heavy atom. The van der Waals surface area contributed by atoms with Crippen molar-refractivity contribution in [1.82, 2.24) is 20.1 Å². The van der Waals surface area contributed by atoms with Gasteiger partial charge in [0.1, 0.15) is 0 Å². The normalized spacial score (nSPS) is 15.5. The van der Waals surface area contributed by atoms with Gasteiger partial charge in [-0.05, 0) is 43.4 Å². The molecule has 0 bridgehead atoms. The molecule has 6 nitrogen and oxygen atoms in total. The van der Waals surface area contributed by atoms with Gasteiger partial charge < -0.3 is 10.1 Å². The van der Waals surface area contributed by atoms with Crippen molar-refractivity contribution in [1.29, 1.82) is 0 Å². The van der Waals surface area contributed by atoms with Gasteiger partial charge in [0.15, 0.2) is 11.0 Å². The van der Waals surface area contributed by atoms with Crippen molar-refractivity contribution < 1.29 is 9.53 Å². The van der Waals surface area contributed by atoms with Crippen LogP contribution in [0.25, 0.3) is 11.4 Å². The van der Waals surface area contributed by atoms with Crippen molar-refractivity contribution in [3.63, 3.8) is 0 Å². The molecule has 1 heterocycles. The Hall–Kier alpha value is -2.64. The van der Waals surface area contributed by atoms with Gasteiger partial charge in [-0.25, -0.2) is 0 Å². The number of benzene rings is 2. The lowest BCUT2D eigenvalue weighted by atomic mass is 9.88. The number of thioether (sulfide) groups is 1. The number of aryl methyl sites for hydroxylation is 2. The number of carbonyl (C=O) groups excluding carboxylic acids is 1. The van der Waals surface area contributed by atoms with Crippen molar-refractivity contribution in [3.05, 3.63) is 65.2 Å². The fraction of sp³-hybridized carbons (Fsp3) is 0.375. The van der Waals surface area contributed by atoms with Crippen LogP contribution in [0.5, 0.6) is 0 Å². The number of fused-ring (bicyclic) bond motifs is 1. The van der Waals surface area contributed by atoms with Crippen LogP contribution in [0, 0.1) is 6.92 Å². The summed E-state index contributed by atoms with van der Waals surface area (Å²) in [6, 6.07) is 16.7. The van der Waals surface area contributed by atoms with E-state index >= 15 is 0 Å². The first-order valence-electron chi connectivity index (χ1n) is 10.6. The monoisotopic (exact) mass is 436 g/mol. The molecule has 1 aliphatic rings. The number of hydrogen-bond acceptors (Lipinski definition) is 5. The summed E-state index contributed by atoms with van der Waals surface area (Å²) in [5.41, 5.74) is 4.77. The van der Waals surface area contributed by atoms with Gasteiger partial charge in [-0.1, -0.05) is 59.8 Å². The van der Waals surface area contributed by atoms with E-state index in [1.165, 1.54) is 28.5 Å². The zero-order chi connectivity index (χ0) is 21.6.